The van der Waals surface area contributed by atoms with Gasteiger partial charge in [0.25, 0.3) is 0 Å². The van der Waals surface area contributed by atoms with Crippen molar-refractivity contribution >= 4 is 16.3 Å². The third kappa shape index (κ3) is 3.56. The van der Waals surface area contributed by atoms with Gasteiger partial charge >= 0.3 is 0 Å². The minimum Gasteiger partial charge on any atom is -0.497 e. The summed E-state index contributed by atoms with van der Waals surface area (Å²) < 4.78 is 18.5. The Morgan fingerprint density at radius 1 is 1.00 bits per heavy atom. The average Bonchev–Trinajstić information content (AvgIpc) is 3.28. The first-order valence-electron chi connectivity index (χ1n) is 8.48. The Bertz CT molecular complexity index is 1060. The molecule has 0 atom stereocenters. The van der Waals surface area contributed by atoms with Crippen molar-refractivity contribution in [3.8, 4) is 28.6 Å². The minimum atomic E-state index is 0.329. The number of nitrogens with zero attached hydrogens (tertiary/aromatic N) is 4. The van der Waals surface area contributed by atoms with Crippen molar-refractivity contribution in [2.45, 2.75) is 13.5 Å². The van der Waals surface area contributed by atoms with E-state index in [0.29, 0.717) is 29.7 Å². The maximum absolute atomic E-state index is 5.90. The van der Waals surface area contributed by atoms with Crippen molar-refractivity contribution in [3.63, 3.8) is 0 Å². The molecule has 0 radical (unpaired) electrons. The second kappa shape index (κ2) is 7.63. The van der Waals surface area contributed by atoms with Crippen LogP contribution in [0.25, 0.3) is 16.3 Å². The molecule has 7 nitrogen and oxygen atoms in total. The van der Waals surface area contributed by atoms with Gasteiger partial charge in [0.05, 0.1) is 13.7 Å². The molecule has 0 spiro atoms. The van der Waals surface area contributed by atoms with Crippen molar-refractivity contribution in [2.75, 3.05) is 13.7 Å². The lowest BCUT2D eigenvalue weighted by atomic mass is 10.2. The molecule has 27 heavy (non-hydrogen) atoms. The van der Waals surface area contributed by atoms with Gasteiger partial charge in [0, 0.05) is 5.56 Å². The van der Waals surface area contributed by atoms with Crippen LogP contribution in [0.15, 0.2) is 48.5 Å². The van der Waals surface area contributed by atoms with E-state index in [9.17, 15) is 0 Å². The summed E-state index contributed by atoms with van der Waals surface area (Å²) in [6.07, 6.45) is 0. The summed E-state index contributed by atoms with van der Waals surface area (Å²) >= 11 is 1.44. The van der Waals surface area contributed by atoms with Gasteiger partial charge in [-0.1, -0.05) is 35.6 Å². The molecule has 8 heteroatoms. The monoisotopic (exact) mass is 382 g/mol. The molecule has 0 saturated heterocycles. The molecule has 2 heterocycles. The van der Waals surface area contributed by atoms with Gasteiger partial charge in [0.1, 0.15) is 12.4 Å². The van der Waals surface area contributed by atoms with E-state index in [4.69, 9.17) is 14.2 Å². The van der Waals surface area contributed by atoms with Crippen molar-refractivity contribution in [1.29, 1.82) is 0 Å². The molecule has 0 N–H and O–H groups in total. The van der Waals surface area contributed by atoms with E-state index >= 15 is 0 Å². The van der Waals surface area contributed by atoms with Crippen LogP contribution in [-0.2, 0) is 6.61 Å². The molecule has 2 aromatic heterocycles. The third-order valence-corrected chi connectivity index (χ3v) is 4.73. The zero-order valence-electron chi connectivity index (χ0n) is 15.0. The van der Waals surface area contributed by atoms with Crippen LogP contribution < -0.4 is 14.2 Å². The van der Waals surface area contributed by atoms with Gasteiger partial charge < -0.3 is 14.2 Å². The number of ether oxygens (including phenoxy) is 3. The number of methoxy groups -OCH3 is 1. The number of benzene rings is 2. The van der Waals surface area contributed by atoms with E-state index in [2.05, 4.69) is 15.3 Å². The number of hydrogen-bond acceptors (Lipinski definition) is 7. The Morgan fingerprint density at radius 2 is 1.81 bits per heavy atom. The number of hydrogen-bond donors (Lipinski definition) is 0. The van der Waals surface area contributed by atoms with Crippen molar-refractivity contribution in [1.82, 2.24) is 19.8 Å². The summed E-state index contributed by atoms with van der Waals surface area (Å²) in [4.78, 5) is 0.713. The average molecular weight is 382 g/mol. The maximum Gasteiger partial charge on any atom is 0.235 e. The topological polar surface area (TPSA) is 70.8 Å². The highest BCUT2D eigenvalue weighted by molar-refractivity contribution is 7.16. The fourth-order valence-electron chi connectivity index (χ4n) is 2.64. The van der Waals surface area contributed by atoms with Crippen LogP contribution in [0.2, 0.25) is 0 Å². The normalized spacial score (nSPS) is 10.9. The van der Waals surface area contributed by atoms with E-state index in [1.54, 1.807) is 11.6 Å². The Hall–Kier alpha value is -3.13. The summed E-state index contributed by atoms with van der Waals surface area (Å²) in [7, 11) is 1.64. The Morgan fingerprint density at radius 3 is 2.59 bits per heavy atom. The smallest absolute Gasteiger partial charge is 0.235 e. The fourth-order valence-corrected chi connectivity index (χ4v) is 3.39. The van der Waals surface area contributed by atoms with Crippen LogP contribution in [0.4, 0.5) is 0 Å². The predicted octanol–water partition coefficient (Wildman–Crippen LogP) is 3.84. The zero-order valence-corrected chi connectivity index (χ0v) is 15.8. The Balaban J connectivity index is 1.57. The van der Waals surface area contributed by atoms with E-state index in [0.717, 1.165) is 22.1 Å². The van der Waals surface area contributed by atoms with Gasteiger partial charge in [-0.25, -0.2) is 0 Å². The summed E-state index contributed by atoms with van der Waals surface area (Å²) in [6.45, 7) is 2.86. The lowest BCUT2D eigenvalue weighted by Crippen LogP contribution is -2.00. The van der Waals surface area contributed by atoms with Crippen LogP contribution in [-0.4, -0.2) is 33.5 Å². The van der Waals surface area contributed by atoms with E-state index in [-0.39, 0.29) is 0 Å². The summed E-state index contributed by atoms with van der Waals surface area (Å²) in [5, 5.41) is 13.9. The number of para-hydroxylation sites is 2. The molecule has 138 valence electrons. The zero-order chi connectivity index (χ0) is 18.6. The highest BCUT2D eigenvalue weighted by atomic mass is 32.1. The van der Waals surface area contributed by atoms with Crippen LogP contribution in [0.3, 0.4) is 0 Å². The van der Waals surface area contributed by atoms with Crippen LogP contribution >= 0.6 is 11.3 Å². The molecule has 2 aromatic carbocycles. The highest BCUT2D eigenvalue weighted by Gasteiger charge is 2.15. The highest BCUT2D eigenvalue weighted by Crippen LogP contribution is 2.29. The van der Waals surface area contributed by atoms with E-state index in [1.807, 2.05) is 55.5 Å². The molecule has 4 aromatic rings. The lowest BCUT2D eigenvalue weighted by Gasteiger charge is -2.10. The third-order valence-electron chi connectivity index (χ3n) is 3.86. The number of rotatable bonds is 7. The van der Waals surface area contributed by atoms with Gasteiger partial charge in [-0.05, 0) is 31.2 Å². The number of aromatic nitrogens is 4. The van der Waals surface area contributed by atoms with Gasteiger partial charge in [0.2, 0.25) is 4.96 Å². The van der Waals surface area contributed by atoms with Crippen molar-refractivity contribution < 1.29 is 14.2 Å². The molecule has 0 fully saturated rings. The SMILES string of the molecule is CCOc1ccccc1OCc1nn2c(-c3cccc(OC)c3)nnc2s1. The van der Waals surface area contributed by atoms with Crippen LogP contribution in [0.1, 0.15) is 11.9 Å². The molecule has 0 aliphatic rings. The van der Waals surface area contributed by atoms with Gasteiger partial charge in [-0.3, -0.25) is 0 Å². The lowest BCUT2D eigenvalue weighted by molar-refractivity contribution is 0.268. The quantitative estimate of drug-likeness (QED) is 0.484. The van der Waals surface area contributed by atoms with Crippen LogP contribution in [0, 0.1) is 0 Å². The van der Waals surface area contributed by atoms with E-state index in [1.165, 1.54) is 11.3 Å². The maximum atomic E-state index is 5.90. The molecular weight excluding hydrogens is 364 g/mol. The molecule has 4 rings (SSSR count). The second-order valence-corrected chi connectivity index (χ2v) is 6.65. The minimum absolute atomic E-state index is 0.329. The fraction of sp³-hybridized carbons (Fsp3) is 0.211. The molecule has 0 aliphatic heterocycles. The Labute approximate surface area is 160 Å². The van der Waals surface area contributed by atoms with Gasteiger partial charge in [-0.2, -0.15) is 9.61 Å². The first-order chi connectivity index (χ1) is 13.3. The van der Waals surface area contributed by atoms with Crippen LogP contribution in [0.5, 0.6) is 17.2 Å². The molecule has 0 amide bonds. The molecular formula is C19H18N4O3S. The Kier molecular flexibility index (Phi) is 4.88. The molecule has 0 unspecified atom stereocenters. The standard InChI is InChI=1S/C19H18N4O3S/c1-3-25-15-9-4-5-10-16(15)26-12-17-22-23-18(20-21-19(23)27-17)13-7-6-8-14(11-13)24-2/h4-11H,3,12H2,1-2H3. The predicted molar refractivity (Wildman–Crippen MR) is 103 cm³/mol. The molecule has 0 bridgehead atoms. The number of fused-ring (bicyclic) bond motifs is 1. The summed E-state index contributed by atoms with van der Waals surface area (Å²) in [5.74, 6) is 2.84. The van der Waals surface area contributed by atoms with E-state index < -0.39 is 0 Å². The van der Waals surface area contributed by atoms with Crippen molar-refractivity contribution in [2.24, 2.45) is 0 Å². The van der Waals surface area contributed by atoms with Gasteiger partial charge in [-0.15, -0.1) is 10.2 Å². The van der Waals surface area contributed by atoms with Crippen molar-refractivity contribution in [3.05, 3.63) is 53.5 Å². The summed E-state index contributed by atoms with van der Waals surface area (Å²) in [5.41, 5.74) is 0.890. The largest absolute Gasteiger partial charge is 0.497 e. The van der Waals surface area contributed by atoms with Gasteiger partial charge in [0.15, 0.2) is 22.3 Å². The summed E-state index contributed by atoms with van der Waals surface area (Å²) in [6, 6.07) is 15.3. The first-order valence-corrected chi connectivity index (χ1v) is 9.30. The second-order valence-electron chi connectivity index (χ2n) is 5.61. The first kappa shape index (κ1) is 17.3. The molecule has 0 aliphatic carbocycles. The molecule has 0 saturated carbocycles.